The van der Waals surface area contributed by atoms with Gasteiger partial charge in [-0.15, -0.1) is 18.3 Å². The molecule has 0 fully saturated rings. The Balaban J connectivity index is 0.000000239. The second kappa shape index (κ2) is 10.4. The van der Waals surface area contributed by atoms with Crippen LogP contribution in [0.4, 0.5) is 5.69 Å². The van der Waals surface area contributed by atoms with Gasteiger partial charge in [0.25, 0.3) is 5.91 Å². The van der Waals surface area contributed by atoms with Gasteiger partial charge >= 0.3 is 51.4 Å². The summed E-state index contributed by atoms with van der Waals surface area (Å²) in [5.74, 6) is 0.696. The number of hydrogen-bond donors (Lipinski definition) is 1. The summed E-state index contributed by atoms with van der Waals surface area (Å²) in [6, 6.07) is 17.1. The summed E-state index contributed by atoms with van der Waals surface area (Å²) in [5.41, 5.74) is 2.72. The fourth-order valence-corrected chi connectivity index (χ4v) is 2.75. The predicted octanol–water partition coefficient (Wildman–Crippen LogP) is 1.52. The van der Waals surface area contributed by atoms with Crippen LogP contribution in [0.5, 0.6) is 0 Å². The van der Waals surface area contributed by atoms with Crippen LogP contribution in [0, 0.1) is 12.3 Å². The zero-order valence-corrected chi connectivity index (χ0v) is 20.1. The van der Waals surface area contributed by atoms with Crippen LogP contribution in [-0.2, 0) is 5.41 Å². The smallest absolute Gasteiger partial charge is 0.470 e. The maximum Gasteiger partial charge on any atom is 1.00 e. The Kier molecular flexibility index (Phi) is 8.48. The molecule has 0 radical (unpaired) electrons. The summed E-state index contributed by atoms with van der Waals surface area (Å²) < 4.78 is 13.2. The molecule has 6 nitrogen and oxygen atoms in total. The summed E-state index contributed by atoms with van der Waals surface area (Å²) in [7, 11) is 0. The molecule has 0 aliphatic rings. The van der Waals surface area contributed by atoms with Crippen LogP contribution < -0.4 is 56.7 Å². The number of amides is 1. The molecule has 0 atom stereocenters. The van der Waals surface area contributed by atoms with Crippen LogP contribution in [0.2, 0.25) is 0 Å². The van der Waals surface area contributed by atoms with Crippen molar-refractivity contribution in [3.63, 3.8) is 0 Å². The van der Waals surface area contributed by atoms with Gasteiger partial charge < -0.3 is 9.84 Å². The van der Waals surface area contributed by atoms with Crippen molar-refractivity contribution in [2.24, 2.45) is 0 Å². The first-order valence-corrected chi connectivity index (χ1v) is 9.00. The quantitative estimate of drug-likeness (QED) is 0.395. The van der Waals surface area contributed by atoms with Crippen LogP contribution in [0.3, 0.4) is 0 Å². The van der Waals surface area contributed by atoms with Gasteiger partial charge in [-0.3, -0.25) is 4.79 Å². The molecule has 0 spiro atoms. The Bertz CT molecular complexity index is 1010. The van der Waals surface area contributed by atoms with Gasteiger partial charge in [0.1, 0.15) is 11.0 Å². The Morgan fingerprint density at radius 1 is 1.14 bits per heavy atom. The molecule has 0 aliphatic heterocycles. The molecule has 138 valence electrons. The average molecular weight is 418 g/mol. The summed E-state index contributed by atoms with van der Waals surface area (Å²) in [4.78, 5) is 12.1. The Labute approximate surface area is 210 Å². The van der Waals surface area contributed by atoms with Gasteiger partial charge in [0.15, 0.2) is 0 Å². The number of carbonyl (C=O) groups is 1. The number of fused-ring (bicyclic) bond motifs is 1. The number of hydrogen-bond acceptors (Lipinski definition) is 6. The summed E-state index contributed by atoms with van der Waals surface area (Å²) >= 11 is 1.11. The maximum absolute atomic E-state index is 12.1. The minimum Gasteiger partial charge on any atom is -0.470 e. The fourth-order valence-electron chi connectivity index (χ4n) is 2.20. The number of benzene rings is 2. The Hall–Kier alpha value is -1.42. The summed E-state index contributed by atoms with van der Waals surface area (Å²) in [6.45, 7) is 6.21. The normalized spacial score (nSPS) is 10.5. The molecule has 4 rings (SSSR count). The van der Waals surface area contributed by atoms with E-state index in [1.54, 1.807) is 42.5 Å². The van der Waals surface area contributed by atoms with Crippen molar-refractivity contribution in [3.05, 3.63) is 72.1 Å². The van der Waals surface area contributed by atoms with Crippen LogP contribution in [0.1, 0.15) is 36.9 Å². The molecule has 0 saturated carbocycles. The molecule has 1 amide bonds. The van der Waals surface area contributed by atoms with Crippen LogP contribution in [-0.4, -0.2) is 19.8 Å². The zero-order chi connectivity index (χ0) is 19.3. The van der Waals surface area contributed by atoms with Gasteiger partial charge in [-0.1, -0.05) is 32.5 Å². The summed E-state index contributed by atoms with van der Waals surface area (Å²) in [6.07, 6.45) is 2.62. The minimum atomic E-state index is -0.181. The molecule has 2 heterocycles. The van der Waals surface area contributed by atoms with Crippen molar-refractivity contribution in [1.29, 1.82) is 0 Å². The number of carbonyl (C=O) groups excluding carboxylic acids is 1. The van der Waals surface area contributed by atoms with E-state index in [0.717, 1.165) is 28.7 Å². The molecular weight excluding hydrogens is 399 g/mol. The van der Waals surface area contributed by atoms with Gasteiger partial charge in [-0.2, -0.15) is 33.0 Å². The largest absolute Gasteiger partial charge is 1.00 e. The molecule has 0 bridgehead atoms. The van der Waals surface area contributed by atoms with Crippen LogP contribution >= 0.6 is 11.7 Å². The molecule has 0 aliphatic carbocycles. The van der Waals surface area contributed by atoms with Crippen molar-refractivity contribution in [3.8, 4) is 0 Å². The molecule has 8 heteroatoms. The van der Waals surface area contributed by atoms with E-state index in [2.05, 4.69) is 52.3 Å². The van der Waals surface area contributed by atoms with E-state index in [4.69, 9.17) is 4.52 Å². The second-order valence-electron chi connectivity index (χ2n) is 6.75. The molecule has 4 aromatic rings. The standard InChI is InChI=1S/C13H8N3OS.C7H10NO.K/c17-13(14-9-5-2-1-3-6-9)10-7-4-8-11-12(10)16-18-15-11;1-7(2,3)6-4-5-8-9-6;/h2-8H,(H,14,17);4H,1-3H3;/q2*-1;+1. The molecule has 0 saturated heterocycles. The topological polar surface area (TPSA) is 80.9 Å². The van der Waals surface area contributed by atoms with E-state index in [1.165, 1.54) is 0 Å². The molecule has 0 unspecified atom stereocenters. The second-order valence-corrected chi connectivity index (χ2v) is 7.28. The Morgan fingerprint density at radius 3 is 2.50 bits per heavy atom. The molecule has 28 heavy (non-hydrogen) atoms. The number of nitrogens with zero attached hydrogens (tertiary/aromatic N) is 3. The van der Waals surface area contributed by atoms with Gasteiger partial charge in [-0.05, 0) is 23.3 Å². The number of nitrogens with one attached hydrogen (secondary N) is 1. The third-order valence-electron chi connectivity index (χ3n) is 3.64. The SMILES string of the molecule is CC(C)(C)c1c[c-]no1.O=C(Nc1cc[c-]cc1)c1cccc2nsnc12.[K+]. The third-order valence-corrected chi connectivity index (χ3v) is 4.18. The minimum absolute atomic E-state index is 0. The van der Waals surface area contributed by atoms with E-state index in [1.807, 2.05) is 6.07 Å². The monoisotopic (exact) mass is 417 g/mol. The van der Waals surface area contributed by atoms with Gasteiger partial charge in [0.2, 0.25) is 0 Å². The third kappa shape index (κ3) is 6.04. The summed E-state index contributed by atoms with van der Waals surface area (Å²) in [5, 5.41) is 6.31. The van der Waals surface area contributed by atoms with Crippen molar-refractivity contribution < 1.29 is 60.7 Å². The number of anilines is 1. The fraction of sp³-hybridized carbons (Fsp3) is 0.200. The van der Waals surface area contributed by atoms with E-state index in [9.17, 15) is 4.79 Å². The van der Waals surface area contributed by atoms with E-state index in [0.29, 0.717) is 11.1 Å². The zero-order valence-electron chi connectivity index (χ0n) is 16.2. The Morgan fingerprint density at radius 2 is 1.89 bits per heavy atom. The molecule has 2 aromatic carbocycles. The van der Waals surface area contributed by atoms with Gasteiger partial charge in [0, 0.05) is 0 Å². The predicted molar refractivity (Wildman–Crippen MR) is 105 cm³/mol. The van der Waals surface area contributed by atoms with Crippen LogP contribution in [0.15, 0.2) is 53.1 Å². The first kappa shape index (κ1) is 22.9. The molecule has 1 N–H and O–H groups in total. The first-order chi connectivity index (χ1) is 12.9. The number of aromatic nitrogens is 3. The molecule has 2 aromatic heterocycles. The molecular formula is C20H18KN4O2S-. The maximum atomic E-state index is 12.1. The van der Waals surface area contributed by atoms with Crippen molar-refractivity contribution in [2.75, 3.05) is 5.32 Å². The van der Waals surface area contributed by atoms with E-state index >= 15 is 0 Å². The van der Waals surface area contributed by atoms with Gasteiger partial charge in [0.05, 0.1) is 17.3 Å². The average Bonchev–Trinajstić information content (AvgIpc) is 3.34. The van der Waals surface area contributed by atoms with Crippen molar-refractivity contribution >= 4 is 34.4 Å². The van der Waals surface area contributed by atoms with E-state index in [-0.39, 0.29) is 62.7 Å². The number of rotatable bonds is 2. The first-order valence-electron chi connectivity index (χ1n) is 8.27. The van der Waals surface area contributed by atoms with Crippen molar-refractivity contribution in [1.82, 2.24) is 13.9 Å². The van der Waals surface area contributed by atoms with E-state index < -0.39 is 0 Å². The van der Waals surface area contributed by atoms with Crippen molar-refractivity contribution in [2.45, 2.75) is 26.2 Å². The van der Waals surface area contributed by atoms with Gasteiger partial charge in [-0.25, -0.2) is 5.16 Å². The van der Waals surface area contributed by atoms with Crippen LogP contribution in [0.25, 0.3) is 11.0 Å².